The molecule has 114 valence electrons. The molecule has 0 fully saturated rings. The third-order valence-corrected chi connectivity index (χ3v) is 3.39. The molecule has 3 nitrogen and oxygen atoms in total. The fourth-order valence-corrected chi connectivity index (χ4v) is 2.19. The number of phenols is 1. The lowest BCUT2D eigenvalue weighted by Crippen LogP contribution is -1.93. The van der Waals surface area contributed by atoms with Crippen LogP contribution in [0.1, 0.15) is 37.3 Å². The Morgan fingerprint density at radius 3 is 2.73 bits per heavy atom. The molecule has 0 saturated carbocycles. The van der Waals surface area contributed by atoms with Crippen LogP contribution in [0.5, 0.6) is 17.2 Å². The van der Waals surface area contributed by atoms with Crippen molar-refractivity contribution in [2.75, 3.05) is 0 Å². The number of hydrogen-bond acceptors (Lipinski definition) is 3. The molecule has 0 atom stereocenters. The van der Waals surface area contributed by atoms with E-state index in [1.54, 1.807) is 12.1 Å². The Hall–Kier alpha value is -2.54. The number of halogens is 1. The molecule has 0 aliphatic heterocycles. The van der Waals surface area contributed by atoms with Crippen LogP contribution in [0.3, 0.4) is 0 Å². The van der Waals surface area contributed by atoms with E-state index in [1.165, 1.54) is 18.2 Å². The summed E-state index contributed by atoms with van der Waals surface area (Å²) in [4.78, 5) is 0. The first-order valence-corrected chi connectivity index (χ1v) is 7.34. The van der Waals surface area contributed by atoms with Gasteiger partial charge in [-0.2, -0.15) is 5.26 Å². The number of ether oxygens (including phenoxy) is 1. The van der Waals surface area contributed by atoms with E-state index in [0.717, 1.165) is 31.2 Å². The minimum absolute atomic E-state index is 0.0545. The Morgan fingerprint density at radius 1 is 1.23 bits per heavy atom. The minimum atomic E-state index is -0.634. The molecule has 22 heavy (non-hydrogen) atoms. The van der Waals surface area contributed by atoms with Gasteiger partial charge in [0, 0.05) is 0 Å². The molecule has 2 rings (SSSR count). The maximum atomic E-state index is 13.8. The highest BCUT2D eigenvalue weighted by molar-refractivity contribution is 5.49. The van der Waals surface area contributed by atoms with Gasteiger partial charge >= 0.3 is 0 Å². The summed E-state index contributed by atoms with van der Waals surface area (Å²) in [6, 6.07) is 11.1. The van der Waals surface area contributed by atoms with Crippen molar-refractivity contribution in [3.8, 4) is 23.3 Å². The molecule has 0 unspecified atom stereocenters. The summed E-state index contributed by atoms with van der Waals surface area (Å²) in [5.41, 5.74) is 1.10. The summed E-state index contributed by atoms with van der Waals surface area (Å²) in [6.45, 7) is 2.13. The molecule has 0 aromatic heterocycles. The second-order valence-electron chi connectivity index (χ2n) is 5.09. The SMILES string of the molecule is CCCCCc1ccc(Oc2c(F)cccc2C#N)c(O)c1. The monoisotopic (exact) mass is 299 g/mol. The molecule has 0 saturated heterocycles. The number of benzene rings is 2. The molecular formula is C18H18FNO2. The fraction of sp³-hybridized carbons (Fsp3) is 0.278. The normalized spacial score (nSPS) is 10.2. The summed E-state index contributed by atoms with van der Waals surface area (Å²) in [5.74, 6) is -0.716. The summed E-state index contributed by atoms with van der Waals surface area (Å²) in [5, 5.41) is 19.0. The number of nitriles is 1. The highest BCUT2D eigenvalue weighted by Crippen LogP contribution is 2.34. The summed E-state index contributed by atoms with van der Waals surface area (Å²) in [6.07, 6.45) is 4.21. The first-order valence-electron chi connectivity index (χ1n) is 7.34. The van der Waals surface area contributed by atoms with Crippen LogP contribution in [0.4, 0.5) is 4.39 Å². The van der Waals surface area contributed by atoms with E-state index in [-0.39, 0.29) is 22.8 Å². The summed E-state index contributed by atoms with van der Waals surface area (Å²) >= 11 is 0. The zero-order chi connectivity index (χ0) is 15.9. The zero-order valence-corrected chi connectivity index (χ0v) is 12.5. The molecule has 2 aromatic carbocycles. The van der Waals surface area contributed by atoms with Crippen molar-refractivity contribution in [2.45, 2.75) is 32.6 Å². The van der Waals surface area contributed by atoms with E-state index >= 15 is 0 Å². The average molecular weight is 299 g/mol. The number of phenolic OH excluding ortho intramolecular Hbond substituents is 1. The van der Waals surface area contributed by atoms with Gasteiger partial charge in [-0.25, -0.2) is 4.39 Å². The van der Waals surface area contributed by atoms with Crippen LogP contribution in [0, 0.1) is 17.1 Å². The molecule has 4 heteroatoms. The number of hydrogen-bond donors (Lipinski definition) is 1. The van der Waals surface area contributed by atoms with Gasteiger partial charge in [-0.15, -0.1) is 0 Å². The van der Waals surface area contributed by atoms with Crippen molar-refractivity contribution in [1.29, 1.82) is 5.26 Å². The van der Waals surface area contributed by atoms with E-state index in [9.17, 15) is 9.50 Å². The van der Waals surface area contributed by atoms with Crippen molar-refractivity contribution < 1.29 is 14.2 Å². The van der Waals surface area contributed by atoms with Crippen molar-refractivity contribution in [3.63, 3.8) is 0 Å². The Morgan fingerprint density at radius 2 is 2.05 bits per heavy atom. The molecule has 0 aliphatic carbocycles. The van der Waals surface area contributed by atoms with Crippen molar-refractivity contribution in [1.82, 2.24) is 0 Å². The smallest absolute Gasteiger partial charge is 0.180 e. The van der Waals surface area contributed by atoms with Gasteiger partial charge in [0.25, 0.3) is 0 Å². The van der Waals surface area contributed by atoms with Gasteiger partial charge in [-0.3, -0.25) is 0 Å². The molecule has 2 aromatic rings. The maximum Gasteiger partial charge on any atom is 0.180 e. The molecule has 1 N–H and O–H groups in total. The number of rotatable bonds is 6. The quantitative estimate of drug-likeness (QED) is 0.770. The standard InChI is InChI=1S/C18H18FNO2/c1-2-3-4-6-13-9-10-17(16(21)11-13)22-18-14(12-20)7-5-8-15(18)19/h5,7-11,21H,2-4,6H2,1H3. The predicted molar refractivity (Wildman–Crippen MR) is 82.5 cm³/mol. The molecule has 0 radical (unpaired) electrons. The molecule has 0 aliphatic rings. The largest absolute Gasteiger partial charge is 0.504 e. The molecule has 0 amide bonds. The Bertz CT molecular complexity index is 692. The molecule has 0 heterocycles. The van der Waals surface area contributed by atoms with E-state index < -0.39 is 5.82 Å². The highest BCUT2D eigenvalue weighted by Gasteiger charge is 2.13. The Balaban J connectivity index is 2.19. The van der Waals surface area contributed by atoms with Crippen molar-refractivity contribution in [3.05, 3.63) is 53.3 Å². The van der Waals surface area contributed by atoms with E-state index in [1.807, 2.05) is 12.1 Å². The Kier molecular flexibility index (Phi) is 5.37. The van der Waals surface area contributed by atoms with Gasteiger partial charge in [0.05, 0.1) is 5.56 Å². The van der Waals surface area contributed by atoms with Crippen molar-refractivity contribution in [2.24, 2.45) is 0 Å². The summed E-state index contributed by atoms with van der Waals surface area (Å²) < 4.78 is 19.2. The molecular weight excluding hydrogens is 281 g/mol. The average Bonchev–Trinajstić information content (AvgIpc) is 2.51. The van der Waals surface area contributed by atoms with Crippen LogP contribution in [-0.4, -0.2) is 5.11 Å². The van der Waals surface area contributed by atoms with Gasteiger partial charge < -0.3 is 9.84 Å². The number of unbranched alkanes of at least 4 members (excludes halogenated alkanes) is 2. The van der Waals surface area contributed by atoms with Gasteiger partial charge in [0.2, 0.25) is 0 Å². The predicted octanol–water partition coefficient (Wildman–Crippen LogP) is 4.93. The van der Waals surface area contributed by atoms with E-state index in [4.69, 9.17) is 10.00 Å². The van der Waals surface area contributed by atoms with Crippen LogP contribution in [-0.2, 0) is 6.42 Å². The van der Waals surface area contributed by atoms with Crippen LogP contribution in [0.2, 0.25) is 0 Å². The third kappa shape index (κ3) is 3.76. The topological polar surface area (TPSA) is 53.2 Å². The summed E-state index contributed by atoms with van der Waals surface area (Å²) in [7, 11) is 0. The number of aryl methyl sites for hydroxylation is 1. The lowest BCUT2D eigenvalue weighted by Gasteiger charge is -2.11. The van der Waals surface area contributed by atoms with Gasteiger partial charge in [-0.05, 0) is 42.7 Å². The number of para-hydroxylation sites is 1. The van der Waals surface area contributed by atoms with Gasteiger partial charge in [0.15, 0.2) is 23.1 Å². The van der Waals surface area contributed by atoms with Crippen LogP contribution in [0.15, 0.2) is 36.4 Å². The molecule has 0 bridgehead atoms. The first kappa shape index (κ1) is 15.8. The number of nitrogens with zero attached hydrogens (tertiary/aromatic N) is 1. The van der Waals surface area contributed by atoms with Crippen LogP contribution >= 0.6 is 0 Å². The van der Waals surface area contributed by atoms with Crippen LogP contribution < -0.4 is 4.74 Å². The molecule has 0 spiro atoms. The minimum Gasteiger partial charge on any atom is -0.504 e. The zero-order valence-electron chi connectivity index (χ0n) is 12.5. The first-order chi connectivity index (χ1) is 10.7. The second-order valence-corrected chi connectivity index (χ2v) is 5.09. The lowest BCUT2D eigenvalue weighted by molar-refractivity contribution is 0.394. The van der Waals surface area contributed by atoms with Crippen molar-refractivity contribution >= 4 is 0 Å². The highest BCUT2D eigenvalue weighted by atomic mass is 19.1. The maximum absolute atomic E-state index is 13.8. The van der Waals surface area contributed by atoms with Crippen LogP contribution in [0.25, 0.3) is 0 Å². The van der Waals surface area contributed by atoms with Gasteiger partial charge in [-0.1, -0.05) is 31.9 Å². The Labute approximate surface area is 129 Å². The number of aromatic hydroxyl groups is 1. The third-order valence-electron chi connectivity index (χ3n) is 3.39. The van der Waals surface area contributed by atoms with Gasteiger partial charge in [0.1, 0.15) is 6.07 Å². The van der Waals surface area contributed by atoms with E-state index in [0.29, 0.717) is 0 Å². The van der Waals surface area contributed by atoms with E-state index in [2.05, 4.69) is 6.92 Å². The lowest BCUT2D eigenvalue weighted by atomic mass is 10.1. The second kappa shape index (κ2) is 7.46. The fourth-order valence-electron chi connectivity index (χ4n) is 2.19.